The molecule has 0 aliphatic carbocycles. The summed E-state index contributed by atoms with van der Waals surface area (Å²) in [4.78, 5) is 0. The number of nitrogen functional groups attached to an aromatic ring is 1. The Labute approximate surface area is 124 Å². The first-order valence-electron chi connectivity index (χ1n) is 7.17. The third kappa shape index (κ3) is 3.65. The van der Waals surface area contributed by atoms with E-state index in [4.69, 9.17) is 15.2 Å². The molecular weight excluding hydrogens is 268 g/mol. The minimum Gasteiger partial charge on any atom is -0.490 e. The van der Waals surface area contributed by atoms with Crippen LogP contribution in [0.15, 0.2) is 24.3 Å². The summed E-state index contributed by atoms with van der Waals surface area (Å²) in [7, 11) is 0. The first kappa shape index (κ1) is 15.2. The van der Waals surface area contributed by atoms with Gasteiger partial charge in [-0.05, 0) is 25.0 Å². The lowest BCUT2D eigenvalue weighted by molar-refractivity contribution is 0.260. The fraction of sp³-hybridized carbons (Fsp3) is 0.467. The second-order valence-electron chi connectivity index (χ2n) is 4.97. The molecule has 1 heterocycles. The van der Waals surface area contributed by atoms with Gasteiger partial charge in [0.25, 0.3) is 0 Å². The third-order valence-electron chi connectivity index (χ3n) is 3.06. The maximum Gasteiger partial charge on any atom is 0.169 e. The van der Waals surface area contributed by atoms with Crippen molar-refractivity contribution in [2.45, 2.75) is 33.2 Å². The van der Waals surface area contributed by atoms with Gasteiger partial charge < -0.3 is 15.2 Å². The SMILES string of the molecule is CCOc1ccccc1OCCn1nnc(N)c1C(C)C. The highest BCUT2D eigenvalue weighted by molar-refractivity contribution is 5.39. The second-order valence-corrected chi connectivity index (χ2v) is 4.97. The molecule has 0 amide bonds. The van der Waals surface area contributed by atoms with Crippen molar-refractivity contribution in [2.24, 2.45) is 0 Å². The maximum atomic E-state index is 5.83. The van der Waals surface area contributed by atoms with E-state index in [1.54, 1.807) is 4.68 Å². The van der Waals surface area contributed by atoms with Gasteiger partial charge in [-0.15, -0.1) is 5.10 Å². The molecule has 2 aromatic rings. The van der Waals surface area contributed by atoms with Crippen LogP contribution in [0.25, 0.3) is 0 Å². The van der Waals surface area contributed by atoms with E-state index in [2.05, 4.69) is 24.2 Å². The number of benzene rings is 1. The molecule has 0 aliphatic heterocycles. The lowest BCUT2D eigenvalue weighted by atomic mass is 10.1. The molecule has 6 heteroatoms. The minimum absolute atomic E-state index is 0.274. The number of rotatable bonds is 7. The monoisotopic (exact) mass is 290 g/mol. The van der Waals surface area contributed by atoms with E-state index >= 15 is 0 Å². The van der Waals surface area contributed by atoms with Crippen molar-refractivity contribution in [3.8, 4) is 11.5 Å². The molecule has 0 atom stereocenters. The van der Waals surface area contributed by atoms with Crippen molar-refractivity contribution in [2.75, 3.05) is 18.9 Å². The van der Waals surface area contributed by atoms with Gasteiger partial charge in [0.2, 0.25) is 0 Å². The number of anilines is 1. The summed E-state index contributed by atoms with van der Waals surface area (Å²) in [5.41, 5.74) is 6.77. The third-order valence-corrected chi connectivity index (χ3v) is 3.06. The Hall–Kier alpha value is -2.24. The van der Waals surface area contributed by atoms with Gasteiger partial charge in [-0.1, -0.05) is 31.2 Å². The summed E-state index contributed by atoms with van der Waals surface area (Å²) in [5.74, 6) is 2.25. The summed E-state index contributed by atoms with van der Waals surface area (Å²) in [5, 5.41) is 7.98. The van der Waals surface area contributed by atoms with Gasteiger partial charge in [-0.3, -0.25) is 0 Å². The lowest BCUT2D eigenvalue weighted by Crippen LogP contribution is -2.14. The standard InChI is InChI=1S/C15H22N4O2/c1-4-20-12-7-5-6-8-13(12)21-10-9-19-14(11(2)3)15(16)17-18-19/h5-8,11H,4,9-10,16H2,1-3H3. The molecule has 0 spiro atoms. The van der Waals surface area contributed by atoms with Crippen LogP contribution in [-0.4, -0.2) is 28.2 Å². The number of hydrogen-bond acceptors (Lipinski definition) is 5. The highest BCUT2D eigenvalue weighted by atomic mass is 16.5. The molecule has 1 aromatic heterocycles. The summed E-state index contributed by atoms with van der Waals surface area (Å²) < 4.78 is 13.1. The van der Waals surface area contributed by atoms with Crippen LogP contribution in [0.1, 0.15) is 32.4 Å². The van der Waals surface area contributed by atoms with E-state index in [-0.39, 0.29) is 5.92 Å². The molecule has 2 N–H and O–H groups in total. The fourth-order valence-electron chi connectivity index (χ4n) is 2.18. The van der Waals surface area contributed by atoms with Crippen molar-refractivity contribution in [3.05, 3.63) is 30.0 Å². The number of nitrogens with two attached hydrogens (primary N) is 1. The summed E-state index contributed by atoms with van der Waals surface area (Å²) in [6.45, 7) is 7.76. The Morgan fingerprint density at radius 3 is 2.48 bits per heavy atom. The lowest BCUT2D eigenvalue weighted by Gasteiger charge is -2.13. The first-order valence-corrected chi connectivity index (χ1v) is 7.17. The Morgan fingerprint density at radius 1 is 1.19 bits per heavy atom. The molecule has 0 unspecified atom stereocenters. The van der Waals surface area contributed by atoms with Crippen LogP contribution in [0.5, 0.6) is 11.5 Å². The van der Waals surface area contributed by atoms with Gasteiger partial charge in [0.15, 0.2) is 17.3 Å². The highest BCUT2D eigenvalue weighted by Crippen LogP contribution is 2.26. The van der Waals surface area contributed by atoms with Crippen LogP contribution in [0, 0.1) is 0 Å². The summed E-state index contributed by atoms with van der Waals surface area (Å²) >= 11 is 0. The molecule has 0 saturated heterocycles. The Bertz CT molecular complexity index is 581. The smallest absolute Gasteiger partial charge is 0.169 e. The molecule has 6 nitrogen and oxygen atoms in total. The zero-order chi connectivity index (χ0) is 15.2. The molecule has 21 heavy (non-hydrogen) atoms. The normalized spacial score (nSPS) is 10.9. The number of para-hydroxylation sites is 2. The van der Waals surface area contributed by atoms with E-state index in [0.717, 1.165) is 17.2 Å². The van der Waals surface area contributed by atoms with Crippen molar-refractivity contribution in [3.63, 3.8) is 0 Å². The van der Waals surface area contributed by atoms with E-state index in [9.17, 15) is 0 Å². The van der Waals surface area contributed by atoms with Gasteiger partial charge in [0, 0.05) is 0 Å². The van der Waals surface area contributed by atoms with E-state index in [1.165, 1.54) is 0 Å². The average Bonchev–Trinajstić information content (AvgIpc) is 2.82. The molecule has 114 valence electrons. The predicted octanol–water partition coefficient (Wildman–Crippen LogP) is 2.46. The van der Waals surface area contributed by atoms with E-state index in [1.807, 2.05) is 31.2 Å². The largest absolute Gasteiger partial charge is 0.490 e. The second kappa shape index (κ2) is 6.97. The highest BCUT2D eigenvalue weighted by Gasteiger charge is 2.13. The Morgan fingerprint density at radius 2 is 1.86 bits per heavy atom. The molecule has 0 fully saturated rings. The van der Waals surface area contributed by atoms with Crippen LogP contribution < -0.4 is 15.2 Å². The van der Waals surface area contributed by atoms with Crippen LogP contribution in [0.2, 0.25) is 0 Å². The van der Waals surface area contributed by atoms with Gasteiger partial charge in [-0.2, -0.15) is 0 Å². The maximum absolute atomic E-state index is 5.83. The average molecular weight is 290 g/mol. The summed E-state index contributed by atoms with van der Waals surface area (Å²) in [6.07, 6.45) is 0. The Balaban J connectivity index is 1.99. The number of nitrogens with zero attached hydrogens (tertiary/aromatic N) is 3. The zero-order valence-corrected chi connectivity index (χ0v) is 12.7. The molecular formula is C15H22N4O2. The fourth-order valence-corrected chi connectivity index (χ4v) is 2.18. The van der Waals surface area contributed by atoms with Gasteiger partial charge in [-0.25, -0.2) is 4.68 Å². The van der Waals surface area contributed by atoms with Crippen LogP contribution in [0.3, 0.4) is 0 Å². The van der Waals surface area contributed by atoms with E-state index in [0.29, 0.717) is 25.6 Å². The van der Waals surface area contributed by atoms with E-state index < -0.39 is 0 Å². The Kier molecular flexibility index (Phi) is 5.03. The van der Waals surface area contributed by atoms with Crippen LogP contribution >= 0.6 is 0 Å². The van der Waals surface area contributed by atoms with Crippen LogP contribution in [0.4, 0.5) is 5.82 Å². The topological polar surface area (TPSA) is 75.2 Å². The van der Waals surface area contributed by atoms with Gasteiger partial charge in [0.05, 0.1) is 18.8 Å². The summed E-state index contributed by atoms with van der Waals surface area (Å²) in [6, 6.07) is 7.63. The number of aromatic nitrogens is 3. The first-order chi connectivity index (χ1) is 10.1. The number of hydrogen-bond donors (Lipinski definition) is 1. The molecule has 0 radical (unpaired) electrons. The van der Waals surface area contributed by atoms with Crippen molar-refractivity contribution >= 4 is 5.82 Å². The van der Waals surface area contributed by atoms with Gasteiger partial charge in [0.1, 0.15) is 6.61 Å². The quantitative estimate of drug-likeness (QED) is 0.847. The van der Waals surface area contributed by atoms with Crippen molar-refractivity contribution in [1.82, 2.24) is 15.0 Å². The van der Waals surface area contributed by atoms with Gasteiger partial charge >= 0.3 is 0 Å². The van der Waals surface area contributed by atoms with Crippen LogP contribution in [-0.2, 0) is 6.54 Å². The zero-order valence-electron chi connectivity index (χ0n) is 12.7. The number of ether oxygens (including phenoxy) is 2. The molecule has 2 rings (SSSR count). The molecule has 1 aromatic carbocycles. The molecule has 0 aliphatic rings. The van der Waals surface area contributed by atoms with Crippen molar-refractivity contribution < 1.29 is 9.47 Å². The molecule has 0 bridgehead atoms. The molecule has 0 saturated carbocycles. The predicted molar refractivity (Wildman–Crippen MR) is 81.6 cm³/mol. The van der Waals surface area contributed by atoms with Crippen molar-refractivity contribution in [1.29, 1.82) is 0 Å². The minimum atomic E-state index is 0.274.